The zero-order valence-corrected chi connectivity index (χ0v) is 12.1. The Morgan fingerprint density at radius 3 is 2.58 bits per heavy atom. The standard InChI is InChI=1S/C15H22O4/c1-15(2,18-4)7-8-19-11-13-9-12(10-16)5-6-14(13)17-3/h5-6,9-10H,7-8,11H2,1-4H3. The Kier molecular flexibility index (Phi) is 5.99. The highest BCUT2D eigenvalue weighted by molar-refractivity contribution is 5.75. The van der Waals surface area contributed by atoms with E-state index < -0.39 is 0 Å². The molecule has 0 unspecified atom stereocenters. The molecule has 0 fully saturated rings. The molecule has 0 N–H and O–H groups in total. The third-order valence-electron chi connectivity index (χ3n) is 3.10. The Morgan fingerprint density at radius 1 is 1.26 bits per heavy atom. The van der Waals surface area contributed by atoms with Crippen molar-refractivity contribution in [3.05, 3.63) is 29.3 Å². The molecule has 0 aromatic heterocycles. The summed E-state index contributed by atoms with van der Waals surface area (Å²) in [4.78, 5) is 10.8. The van der Waals surface area contributed by atoms with Gasteiger partial charge in [0, 0.05) is 24.8 Å². The minimum atomic E-state index is -0.186. The second kappa shape index (κ2) is 7.26. The molecule has 1 rings (SSSR count). The molecule has 0 bridgehead atoms. The van der Waals surface area contributed by atoms with Crippen molar-refractivity contribution in [2.45, 2.75) is 32.5 Å². The molecular formula is C15H22O4. The monoisotopic (exact) mass is 266 g/mol. The van der Waals surface area contributed by atoms with E-state index in [1.165, 1.54) is 0 Å². The number of ether oxygens (including phenoxy) is 3. The van der Waals surface area contributed by atoms with Crippen molar-refractivity contribution in [2.75, 3.05) is 20.8 Å². The molecule has 0 saturated carbocycles. The maximum Gasteiger partial charge on any atom is 0.150 e. The number of carbonyl (C=O) groups excluding carboxylic acids is 1. The number of carbonyl (C=O) groups is 1. The number of methoxy groups -OCH3 is 2. The van der Waals surface area contributed by atoms with Gasteiger partial charge in [0.15, 0.2) is 0 Å². The summed E-state index contributed by atoms with van der Waals surface area (Å²) in [5.74, 6) is 0.733. The van der Waals surface area contributed by atoms with Crippen LogP contribution in [-0.4, -0.2) is 32.7 Å². The highest BCUT2D eigenvalue weighted by atomic mass is 16.5. The van der Waals surface area contributed by atoms with E-state index in [4.69, 9.17) is 14.2 Å². The Bertz CT molecular complexity index is 413. The first-order valence-corrected chi connectivity index (χ1v) is 6.27. The SMILES string of the molecule is COc1ccc(C=O)cc1COCCC(C)(C)OC. The van der Waals surface area contributed by atoms with Crippen LogP contribution < -0.4 is 4.74 Å². The third kappa shape index (κ3) is 5.01. The molecule has 1 aromatic carbocycles. The van der Waals surface area contributed by atoms with E-state index >= 15 is 0 Å². The molecule has 106 valence electrons. The van der Waals surface area contributed by atoms with Crippen molar-refractivity contribution >= 4 is 6.29 Å². The topological polar surface area (TPSA) is 44.8 Å². The summed E-state index contributed by atoms with van der Waals surface area (Å²) in [5.41, 5.74) is 1.31. The average Bonchev–Trinajstić information content (AvgIpc) is 2.43. The third-order valence-corrected chi connectivity index (χ3v) is 3.10. The van der Waals surface area contributed by atoms with Crippen LogP contribution in [0.3, 0.4) is 0 Å². The zero-order valence-electron chi connectivity index (χ0n) is 12.1. The number of hydrogen-bond acceptors (Lipinski definition) is 4. The minimum absolute atomic E-state index is 0.186. The number of aldehydes is 1. The lowest BCUT2D eigenvalue weighted by Gasteiger charge is -2.22. The second-order valence-electron chi connectivity index (χ2n) is 4.96. The van der Waals surface area contributed by atoms with Crippen LogP contribution in [0.4, 0.5) is 0 Å². The van der Waals surface area contributed by atoms with E-state index in [0.29, 0.717) is 18.8 Å². The van der Waals surface area contributed by atoms with Crippen LogP contribution in [0, 0.1) is 0 Å². The van der Waals surface area contributed by atoms with Crippen molar-refractivity contribution in [1.82, 2.24) is 0 Å². The molecule has 0 aliphatic carbocycles. The summed E-state index contributed by atoms with van der Waals surface area (Å²) in [6.07, 6.45) is 1.62. The fourth-order valence-corrected chi connectivity index (χ4v) is 1.59. The first-order valence-electron chi connectivity index (χ1n) is 6.27. The van der Waals surface area contributed by atoms with Gasteiger partial charge in [-0.05, 0) is 38.5 Å². The van der Waals surface area contributed by atoms with Gasteiger partial charge in [-0.2, -0.15) is 0 Å². The summed E-state index contributed by atoms with van der Waals surface area (Å²) in [6, 6.07) is 5.29. The number of rotatable bonds is 8. The molecule has 0 atom stereocenters. The van der Waals surface area contributed by atoms with Crippen molar-refractivity contribution < 1.29 is 19.0 Å². The van der Waals surface area contributed by atoms with Crippen LogP contribution >= 0.6 is 0 Å². The molecule has 4 heteroatoms. The van der Waals surface area contributed by atoms with Gasteiger partial charge in [-0.1, -0.05) is 0 Å². The summed E-state index contributed by atoms with van der Waals surface area (Å²) >= 11 is 0. The Hall–Kier alpha value is -1.39. The molecule has 0 saturated heterocycles. The van der Waals surface area contributed by atoms with Crippen LogP contribution in [0.15, 0.2) is 18.2 Å². The van der Waals surface area contributed by atoms with E-state index in [9.17, 15) is 4.79 Å². The number of hydrogen-bond donors (Lipinski definition) is 0. The molecule has 4 nitrogen and oxygen atoms in total. The van der Waals surface area contributed by atoms with Crippen LogP contribution in [0.25, 0.3) is 0 Å². The van der Waals surface area contributed by atoms with Gasteiger partial charge in [0.1, 0.15) is 12.0 Å². The van der Waals surface area contributed by atoms with E-state index in [1.807, 2.05) is 13.8 Å². The first kappa shape index (κ1) is 15.7. The summed E-state index contributed by atoms with van der Waals surface area (Å²) < 4.78 is 16.2. The Balaban J connectivity index is 2.54. The lowest BCUT2D eigenvalue weighted by atomic mass is 10.1. The maximum atomic E-state index is 10.8. The van der Waals surface area contributed by atoms with Gasteiger partial charge in [-0.3, -0.25) is 4.79 Å². The fourth-order valence-electron chi connectivity index (χ4n) is 1.59. The van der Waals surface area contributed by atoms with E-state index in [2.05, 4.69) is 0 Å². The molecule has 0 heterocycles. The quantitative estimate of drug-likeness (QED) is 0.536. The lowest BCUT2D eigenvalue weighted by molar-refractivity contribution is -0.0126. The van der Waals surface area contributed by atoms with Crippen LogP contribution in [0.1, 0.15) is 36.2 Å². The predicted molar refractivity (Wildman–Crippen MR) is 73.7 cm³/mol. The highest BCUT2D eigenvalue weighted by Gasteiger charge is 2.15. The molecule has 0 spiro atoms. The Morgan fingerprint density at radius 2 is 2.00 bits per heavy atom. The van der Waals surface area contributed by atoms with Crippen molar-refractivity contribution in [2.24, 2.45) is 0 Å². The van der Waals surface area contributed by atoms with E-state index in [1.54, 1.807) is 32.4 Å². The maximum absolute atomic E-state index is 10.8. The van der Waals surface area contributed by atoms with Gasteiger partial charge in [-0.15, -0.1) is 0 Å². The zero-order chi connectivity index (χ0) is 14.3. The van der Waals surface area contributed by atoms with Gasteiger partial charge in [0.25, 0.3) is 0 Å². The first-order chi connectivity index (χ1) is 9.02. The fraction of sp³-hybridized carbons (Fsp3) is 0.533. The van der Waals surface area contributed by atoms with Gasteiger partial charge in [0.05, 0.1) is 19.3 Å². The summed E-state index contributed by atoms with van der Waals surface area (Å²) in [6.45, 7) is 5.05. The van der Waals surface area contributed by atoms with E-state index in [0.717, 1.165) is 24.0 Å². The van der Waals surface area contributed by atoms with Gasteiger partial charge in [-0.25, -0.2) is 0 Å². The number of benzene rings is 1. The van der Waals surface area contributed by atoms with Gasteiger partial charge >= 0.3 is 0 Å². The Labute approximate surface area is 114 Å². The molecule has 0 radical (unpaired) electrons. The van der Waals surface area contributed by atoms with Crippen LogP contribution in [0.2, 0.25) is 0 Å². The van der Waals surface area contributed by atoms with Crippen molar-refractivity contribution in [1.29, 1.82) is 0 Å². The predicted octanol–water partition coefficient (Wildman–Crippen LogP) is 2.84. The van der Waals surface area contributed by atoms with Crippen molar-refractivity contribution in [3.8, 4) is 5.75 Å². The lowest BCUT2D eigenvalue weighted by Crippen LogP contribution is -2.24. The average molecular weight is 266 g/mol. The molecule has 0 aliphatic heterocycles. The van der Waals surface area contributed by atoms with Crippen LogP contribution in [-0.2, 0) is 16.1 Å². The molecule has 0 amide bonds. The minimum Gasteiger partial charge on any atom is -0.496 e. The van der Waals surface area contributed by atoms with E-state index in [-0.39, 0.29) is 5.60 Å². The van der Waals surface area contributed by atoms with Crippen LogP contribution in [0.5, 0.6) is 5.75 Å². The smallest absolute Gasteiger partial charge is 0.150 e. The summed E-state index contributed by atoms with van der Waals surface area (Å²) in [5, 5.41) is 0. The largest absolute Gasteiger partial charge is 0.496 e. The van der Waals surface area contributed by atoms with Gasteiger partial charge < -0.3 is 14.2 Å². The van der Waals surface area contributed by atoms with Crippen molar-refractivity contribution in [3.63, 3.8) is 0 Å². The molecule has 19 heavy (non-hydrogen) atoms. The molecule has 0 aliphatic rings. The van der Waals surface area contributed by atoms with Gasteiger partial charge in [0.2, 0.25) is 0 Å². The molecular weight excluding hydrogens is 244 g/mol. The highest BCUT2D eigenvalue weighted by Crippen LogP contribution is 2.21. The molecule has 1 aromatic rings. The normalized spacial score (nSPS) is 11.4. The second-order valence-corrected chi connectivity index (χ2v) is 4.96. The summed E-state index contributed by atoms with van der Waals surface area (Å²) in [7, 11) is 3.30.